The van der Waals surface area contributed by atoms with E-state index in [9.17, 15) is 13.6 Å². The van der Waals surface area contributed by atoms with Crippen molar-refractivity contribution in [3.05, 3.63) is 70.4 Å². The fourth-order valence-corrected chi connectivity index (χ4v) is 2.93. The molecule has 6 nitrogen and oxygen atoms in total. The van der Waals surface area contributed by atoms with Gasteiger partial charge in [0, 0.05) is 0 Å². The number of rotatable bonds is 2. The van der Waals surface area contributed by atoms with Crippen LogP contribution >= 0.6 is 11.6 Å². The summed E-state index contributed by atoms with van der Waals surface area (Å²) < 4.78 is 34.7. The Morgan fingerprint density at radius 3 is 2.67 bits per heavy atom. The third-order valence-corrected chi connectivity index (χ3v) is 4.28. The van der Waals surface area contributed by atoms with Crippen LogP contribution in [0.1, 0.15) is 15.9 Å². The first kappa shape index (κ1) is 17.2. The van der Waals surface area contributed by atoms with Crippen LogP contribution in [0.25, 0.3) is 5.69 Å². The predicted molar refractivity (Wildman–Crippen MR) is 96.1 cm³/mol. The van der Waals surface area contributed by atoms with Crippen LogP contribution in [0.2, 0.25) is 5.02 Å². The van der Waals surface area contributed by atoms with Crippen LogP contribution < -0.4 is 5.32 Å². The third kappa shape index (κ3) is 2.83. The smallest absolute Gasteiger partial charge is 0.337 e. The van der Waals surface area contributed by atoms with Crippen molar-refractivity contribution in [3.63, 3.8) is 0 Å². The Kier molecular flexibility index (Phi) is 4.12. The zero-order valence-corrected chi connectivity index (χ0v) is 14.6. The van der Waals surface area contributed by atoms with E-state index in [0.717, 1.165) is 12.1 Å². The molecule has 9 heteroatoms. The second-order valence-corrected chi connectivity index (χ2v) is 6.04. The summed E-state index contributed by atoms with van der Waals surface area (Å²) >= 11 is 6.16. The highest BCUT2D eigenvalue weighted by atomic mass is 35.5. The second-order valence-electron chi connectivity index (χ2n) is 5.63. The maximum atomic E-state index is 14.3. The number of fused-ring (bicyclic) bond motifs is 3. The molecule has 4 rings (SSSR count). The van der Waals surface area contributed by atoms with E-state index < -0.39 is 17.6 Å². The molecule has 0 spiro atoms. The van der Waals surface area contributed by atoms with Crippen LogP contribution in [0.5, 0.6) is 0 Å². The molecule has 0 radical (unpaired) electrons. The Morgan fingerprint density at radius 2 is 1.96 bits per heavy atom. The summed E-state index contributed by atoms with van der Waals surface area (Å²) in [7, 11) is 1.27. The van der Waals surface area contributed by atoms with Gasteiger partial charge in [0.15, 0.2) is 5.82 Å². The number of methoxy groups -OCH3 is 1. The zero-order valence-electron chi connectivity index (χ0n) is 13.8. The first-order valence-electron chi connectivity index (χ1n) is 7.76. The summed E-state index contributed by atoms with van der Waals surface area (Å²) in [6, 6.07) is 8.14. The van der Waals surface area contributed by atoms with Crippen molar-refractivity contribution in [2.45, 2.75) is 0 Å². The summed E-state index contributed by atoms with van der Waals surface area (Å²) in [5.74, 6) is -2.00. The van der Waals surface area contributed by atoms with Crippen LogP contribution in [0.3, 0.4) is 0 Å². The van der Waals surface area contributed by atoms with Crippen LogP contribution in [0.15, 0.2) is 47.6 Å². The van der Waals surface area contributed by atoms with E-state index >= 15 is 0 Å². The van der Waals surface area contributed by atoms with E-state index in [1.165, 1.54) is 36.2 Å². The van der Waals surface area contributed by atoms with E-state index in [4.69, 9.17) is 16.3 Å². The third-order valence-electron chi connectivity index (χ3n) is 4.02. The molecule has 1 aromatic heterocycles. The number of nitrogens with one attached hydrogen (secondary N) is 1. The van der Waals surface area contributed by atoms with Gasteiger partial charge in [-0.25, -0.2) is 23.2 Å². The van der Waals surface area contributed by atoms with Gasteiger partial charge in [0.05, 0.1) is 35.8 Å². The molecule has 1 aliphatic heterocycles. The fraction of sp³-hybridized carbons (Fsp3) is 0.0556. The van der Waals surface area contributed by atoms with Gasteiger partial charge >= 0.3 is 5.97 Å². The largest absolute Gasteiger partial charge is 0.465 e. The summed E-state index contributed by atoms with van der Waals surface area (Å²) in [6.07, 6.45) is 1.36. The topological polar surface area (TPSA) is 68.5 Å². The molecule has 3 aromatic rings. The molecule has 0 unspecified atom stereocenters. The normalized spacial score (nSPS) is 12.4. The standard InChI is InChI=1S/C18H11ClF2N4O2/c1-27-18(26)9-5-6-13-14(7-9)25-17(10(19)8-22-25)24-16(23-13)15-11(20)3-2-4-12(15)21/h2-8H,1H3,(H,23,24). The highest BCUT2D eigenvalue weighted by Crippen LogP contribution is 2.35. The lowest BCUT2D eigenvalue weighted by Crippen LogP contribution is -2.17. The van der Waals surface area contributed by atoms with Crippen molar-refractivity contribution >= 4 is 34.9 Å². The Balaban J connectivity index is 1.95. The van der Waals surface area contributed by atoms with Crippen molar-refractivity contribution in [2.24, 2.45) is 4.99 Å². The SMILES string of the molecule is COC(=O)c1ccc2c(c1)-n1ncc(Cl)c1N=C(c1c(F)cccc1F)N2. The molecule has 0 aliphatic carbocycles. The molecular formula is C18H11ClF2N4O2. The molecule has 2 heterocycles. The molecule has 0 saturated heterocycles. The number of hydrogen-bond acceptors (Lipinski definition) is 5. The van der Waals surface area contributed by atoms with Gasteiger partial charge in [0.25, 0.3) is 0 Å². The van der Waals surface area contributed by atoms with Crippen LogP contribution in [0.4, 0.5) is 20.3 Å². The molecular weight excluding hydrogens is 378 g/mol. The van der Waals surface area contributed by atoms with E-state index in [-0.39, 0.29) is 27.8 Å². The van der Waals surface area contributed by atoms with Crippen molar-refractivity contribution in [1.82, 2.24) is 9.78 Å². The average molecular weight is 389 g/mol. The number of aromatic nitrogens is 2. The first-order chi connectivity index (χ1) is 13.0. The van der Waals surface area contributed by atoms with E-state index in [0.29, 0.717) is 11.4 Å². The molecule has 27 heavy (non-hydrogen) atoms. The van der Waals surface area contributed by atoms with Crippen LogP contribution in [0, 0.1) is 11.6 Å². The molecule has 1 aliphatic rings. The summed E-state index contributed by atoms with van der Waals surface area (Å²) in [6.45, 7) is 0. The summed E-state index contributed by atoms with van der Waals surface area (Å²) in [5, 5.41) is 7.24. The highest BCUT2D eigenvalue weighted by molar-refractivity contribution is 6.33. The minimum absolute atomic E-state index is 0.0705. The number of ether oxygens (including phenoxy) is 1. The van der Waals surface area contributed by atoms with E-state index in [1.807, 2.05) is 0 Å². The Bertz CT molecular complexity index is 1090. The van der Waals surface area contributed by atoms with Gasteiger partial charge in [-0.3, -0.25) is 0 Å². The molecule has 0 amide bonds. The van der Waals surface area contributed by atoms with Gasteiger partial charge in [-0.1, -0.05) is 17.7 Å². The number of benzene rings is 2. The van der Waals surface area contributed by atoms with Crippen molar-refractivity contribution in [2.75, 3.05) is 12.4 Å². The number of carbonyl (C=O) groups is 1. The molecule has 0 saturated carbocycles. The van der Waals surface area contributed by atoms with Crippen molar-refractivity contribution in [3.8, 4) is 5.69 Å². The number of halogens is 3. The molecule has 0 fully saturated rings. The number of aliphatic imine (C=N–C) groups is 1. The number of hydrogen-bond donors (Lipinski definition) is 1. The average Bonchev–Trinajstić information content (AvgIpc) is 2.93. The van der Waals surface area contributed by atoms with Crippen molar-refractivity contribution < 1.29 is 18.3 Å². The minimum atomic E-state index is -0.780. The number of anilines is 1. The predicted octanol–water partition coefficient (Wildman–Crippen LogP) is 4.09. The van der Waals surface area contributed by atoms with Gasteiger partial charge in [0.1, 0.15) is 22.5 Å². The minimum Gasteiger partial charge on any atom is -0.465 e. The van der Waals surface area contributed by atoms with Crippen LogP contribution in [-0.4, -0.2) is 28.7 Å². The lowest BCUT2D eigenvalue weighted by atomic mass is 10.1. The summed E-state index contributed by atoms with van der Waals surface area (Å²) in [5.41, 5.74) is 0.806. The highest BCUT2D eigenvalue weighted by Gasteiger charge is 2.24. The first-order valence-corrected chi connectivity index (χ1v) is 8.13. The molecule has 0 bridgehead atoms. The monoisotopic (exact) mass is 388 g/mol. The molecule has 2 aromatic carbocycles. The van der Waals surface area contributed by atoms with Gasteiger partial charge in [-0.05, 0) is 30.3 Å². The van der Waals surface area contributed by atoms with Crippen LogP contribution in [-0.2, 0) is 4.74 Å². The second kappa shape index (κ2) is 6.48. The molecule has 136 valence electrons. The number of nitrogens with zero attached hydrogens (tertiary/aromatic N) is 3. The maximum absolute atomic E-state index is 14.3. The maximum Gasteiger partial charge on any atom is 0.337 e. The lowest BCUT2D eigenvalue weighted by Gasteiger charge is -2.12. The van der Waals surface area contributed by atoms with E-state index in [2.05, 4.69) is 15.4 Å². The Hall–Kier alpha value is -3.26. The van der Waals surface area contributed by atoms with Gasteiger partial charge in [-0.15, -0.1) is 0 Å². The van der Waals surface area contributed by atoms with E-state index in [1.54, 1.807) is 6.07 Å². The molecule has 0 atom stereocenters. The number of carbonyl (C=O) groups excluding carboxylic acids is 1. The number of amidine groups is 1. The summed E-state index contributed by atoms with van der Waals surface area (Å²) in [4.78, 5) is 16.1. The van der Waals surface area contributed by atoms with Gasteiger partial charge in [-0.2, -0.15) is 5.10 Å². The van der Waals surface area contributed by atoms with Crippen molar-refractivity contribution in [1.29, 1.82) is 0 Å². The Morgan fingerprint density at radius 1 is 1.22 bits per heavy atom. The zero-order chi connectivity index (χ0) is 19.1. The van der Waals surface area contributed by atoms with Gasteiger partial charge in [0.2, 0.25) is 0 Å². The quantitative estimate of drug-likeness (QED) is 0.671. The van der Waals surface area contributed by atoms with Gasteiger partial charge < -0.3 is 10.1 Å². The fourth-order valence-electron chi connectivity index (χ4n) is 2.76. The Labute approximate surface area is 157 Å². The lowest BCUT2D eigenvalue weighted by molar-refractivity contribution is 0.0600. The molecule has 1 N–H and O–H groups in total. The number of esters is 1.